The predicted octanol–water partition coefficient (Wildman–Crippen LogP) is 0.770. The highest BCUT2D eigenvalue weighted by Crippen LogP contribution is 2.39. The summed E-state index contributed by atoms with van der Waals surface area (Å²) in [5.74, 6) is -0.0434. The summed E-state index contributed by atoms with van der Waals surface area (Å²) in [6.45, 7) is 5.94. The van der Waals surface area contributed by atoms with Crippen LogP contribution in [-0.4, -0.2) is 34.6 Å². The Balaban J connectivity index is 2.00. The van der Waals surface area contributed by atoms with E-state index in [2.05, 4.69) is 13.8 Å². The van der Waals surface area contributed by atoms with Crippen LogP contribution in [0.2, 0.25) is 0 Å². The number of likely N-dealkylation sites (tertiary alicyclic amines) is 1. The number of carbonyl (C=O) groups is 1. The fourth-order valence-electron chi connectivity index (χ4n) is 1.91. The van der Waals surface area contributed by atoms with E-state index < -0.39 is 5.60 Å². The molecule has 1 amide bonds. The van der Waals surface area contributed by atoms with E-state index in [1.54, 1.807) is 0 Å². The van der Waals surface area contributed by atoms with Gasteiger partial charge in [-0.05, 0) is 24.7 Å². The summed E-state index contributed by atoms with van der Waals surface area (Å²) in [5.41, 5.74) is -0.735. The third-order valence-corrected chi connectivity index (χ3v) is 3.09. The van der Waals surface area contributed by atoms with Gasteiger partial charge < -0.3 is 10.0 Å². The second-order valence-electron chi connectivity index (χ2n) is 5.17. The van der Waals surface area contributed by atoms with Gasteiger partial charge in [0, 0.05) is 13.1 Å². The Morgan fingerprint density at radius 3 is 2.31 bits per heavy atom. The lowest BCUT2D eigenvalue weighted by Gasteiger charge is -2.22. The van der Waals surface area contributed by atoms with E-state index in [1.807, 2.05) is 4.90 Å². The molecule has 1 heterocycles. The number of amides is 1. The van der Waals surface area contributed by atoms with Crippen molar-refractivity contribution in [2.45, 2.75) is 38.7 Å². The Morgan fingerprint density at radius 2 is 1.92 bits per heavy atom. The number of aliphatic hydroxyl groups is 1. The van der Waals surface area contributed by atoms with Crippen LogP contribution in [0.15, 0.2) is 0 Å². The predicted molar refractivity (Wildman–Crippen MR) is 49.2 cm³/mol. The molecule has 1 N–H and O–H groups in total. The number of nitrogens with zero attached hydrogens (tertiary/aromatic N) is 1. The van der Waals surface area contributed by atoms with Gasteiger partial charge in [-0.3, -0.25) is 4.79 Å². The molecule has 0 aromatic carbocycles. The topological polar surface area (TPSA) is 40.5 Å². The lowest BCUT2D eigenvalue weighted by atomic mass is 9.93. The van der Waals surface area contributed by atoms with Crippen LogP contribution in [0.5, 0.6) is 0 Å². The van der Waals surface area contributed by atoms with Crippen molar-refractivity contribution in [1.82, 2.24) is 4.90 Å². The molecule has 0 spiro atoms. The Kier molecular flexibility index (Phi) is 1.71. The molecule has 2 rings (SSSR count). The molecule has 74 valence electrons. The van der Waals surface area contributed by atoms with Gasteiger partial charge in [-0.25, -0.2) is 0 Å². The highest BCUT2D eigenvalue weighted by molar-refractivity contribution is 5.88. The molecule has 0 bridgehead atoms. The molecule has 1 saturated carbocycles. The zero-order valence-corrected chi connectivity index (χ0v) is 8.34. The summed E-state index contributed by atoms with van der Waals surface area (Å²) in [7, 11) is 0. The van der Waals surface area contributed by atoms with Crippen molar-refractivity contribution in [2.75, 3.05) is 13.1 Å². The zero-order valence-electron chi connectivity index (χ0n) is 8.34. The van der Waals surface area contributed by atoms with E-state index in [1.165, 1.54) is 0 Å². The highest BCUT2D eigenvalue weighted by atomic mass is 16.3. The van der Waals surface area contributed by atoms with Crippen molar-refractivity contribution in [2.24, 2.45) is 5.41 Å². The van der Waals surface area contributed by atoms with Crippen LogP contribution in [0, 0.1) is 5.41 Å². The largest absolute Gasteiger partial charge is 0.380 e. The van der Waals surface area contributed by atoms with Gasteiger partial charge in [0.1, 0.15) is 5.60 Å². The molecular weight excluding hydrogens is 166 g/mol. The second kappa shape index (κ2) is 2.47. The van der Waals surface area contributed by atoms with Crippen molar-refractivity contribution in [3.05, 3.63) is 0 Å². The summed E-state index contributed by atoms with van der Waals surface area (Å²) in [6.07, 6.45) is 2.36. The zero-order chi connectivity index (χ0) is 9.69. The SMILES string of the molecule is CC1(C)CCN(C(=O)C2(O)CC2)C1. The van der Waals surface area contributed by atoms with Crippen molar-refractivity contribution >= 4 is 5.91 Å². The quantitative estimate of drug-likeness (QED) is 0.652. The Hall–Kier alpha value is -0.570. The molecule has 0 unspecified atom stereocenters. The molecule has 13 heavy (non-hydrogen) atoms. The molecule has 0 aromatic rings. The van der Waals surface area contributed by atoms with Crippen molar-refractivity contribution < 1.29 is 9.90 Å². The Bertz CT molecular complexity index is 243. The number of carbonyl (C=O) groups excluding carboxylic acids is 1. The van der Waals surface area contributed by atoms with Gasteiger partial charge in [0.2, 0.25) is 0 Å². The van der Waals surface area contributed by atoms with Gasteiger partial charge in [0.05, 0.1) is 0 Å². The van der Waals surface area contributed by atoms with E-state index in [4.69, 9.17) is 0 Å². The average Bonchev–Trinajstić information content (AvgIpc) is 2.67. The van der Waals surface area contributed by atoms with Gasteiger partial charge in [-0.2, -0.15) is 0 Å². The minimum atomic E-state index is -0.972. The maximum atomic E-state index is 11.7. The van der Waals surface area contributed by atoms with Crippen LogP contribution >= 0.6 is 0 Å². The summed E-state index contributed by atoms with van der Waals surface area (Å²) in [5, 5.41) is 9.64. The molecule has 1 aliphatic carbocycles. The fraction of sp³-hybridized carbons (Fsp3) is 0.900. The van der Waals surface area contributed by atoms with Crippen molar-refractivity contribution in [3.8, 4) is 0 Å². The van der Waals surface area contributed by atoms with Crippen molar-refractivity contribution in [1.29, 1.82) is 0 Å². The molecule has 3 nitrogen and oxygen atoms in total. The molecular formula is C10H17NO2. The monoisotopic (exact) mass is 183 g/mol. The van der Waals surface area contributed by atoms with Gasteiger partial charge in [-0.15, -0.1) is 0 Å². The fourth-order valence-corrected chi connectivity index (χ4v) is 1.91. The minimum absolute atomic E-state index is 0.0434. The number of hydrogen-bond donors (Lipinski definition) is 1. The van der Waals surface area contributed by atoms with Crippen LogP contribution in [0.1, 0.15) is 33.1 Å². The minimum Gasteiger partial charge on any atom is -0.380 e. The molecule has 3 heteroatoms. The van der Waals surface area contributed by atoms with Gasteiger partial charge in [-0.1, -0.05) is 13.8 Å². The summed E-state index contributed by atoms with van der Waals surface area (Å²) >= 11 is 0. The standard InChI is InChI=1S/C10H17NO2/c1-9(2)5-6-11(7-9)8(12)10(13)3-4-10/h13H,3-7H2,1-2H3. The lowest BCUT2D eigenvalue weighted by Crippen LogP contribution is -2.39. The summed E-state index contributed by atoms with van der Waals surface area (Å²) in [6, 6.07) is 0. The number of hydrogen-bond acceptors (Lipinski definition) is 2. The first-order valence-electron chi connectivity index (χ1n) is 4.95. The number of rotatable bonds is 1. The van der Waals surface area contributed by atoms with Gasteiger partial charge in [0.15, 0.2) is 0 Å². The third-order valence-electron chi connectivity index (χ3n) is 3.09. The highest BCUT2D eigenvalue weighted by Gasteiger charge is 2.51. The molecule has 0 radical (unpaired) electrons. The molecule has 1 saturated heterocycles. The maximum absolute atomic E-state index is 11.7. The molecule has 1 aliphatic heterocycles. The third kappa shape index (κ3) is 1.57. The van der Waals surface area contributed by atoms with Crippen LogP contribution < -0.4 is 0 Å². The van der Waals surface area contributed by atoms with E-state index in [0.29, 0.717) is 12.8 Å². The van der Waals surface area contributed by atoms with E-state index in [0.717, 1.165) is 19.5 Å². The van der Waals surface area contributed by atoms with Crippen LogP contribution in [0.4, 0.5) is 0 Å². The lowest BCUT2D eigenvalue weighted by molar-refractivity contribution is -0.141. The van der Waals surface area contributed by atoms with E-state index >= 15 is 0 Å². The van der Waals surface area contributed by atoms with Crippen LogP contribution in [-0.2, 0) is 4.79 Å². The smallest absolute Gasteiger partial charge is 0.254 e. The van der Waals surface area contributed by atoms with E-state index in [9.17, 15) is 9.90 Å². The van der Waals surface area contributed by atoms with E-state index in [-0.39, 0.29) is 11.3 Å². The Labute approximate surface area is 78.7 Å². The normalized spacial score (nSPS) is 29.0. The molecule has 0 atom stereocenters. The summed E-state index contributed by atoms with van der Waals surface area (Å²) < 4.78 is 0. The average molecular weight is 183 g/mol. The maximum Gasteiger partial charge on any atom is 0.254 e. The van der Waals surface area contributed by atoms with Gasteiger partial charge >= 0.3 is 0 Å². The first kappa shape index (κ1) is 9.00. The Morgan fingerprint density at radius 1 is 1.31 bits per heavy atom. The van der Waals surface area contributed by atoms with Crippen LogP contribution in [0.3, 0.4) is 0 Å². The second-order valence-corrected chi connectivity index (χ2v) is 5.17. The first-order chi connectivity index (χ1) is 5.93. The summed E-state index contributed by atoms with van der Waals surface area (Å²) in [4.78, 5) is 13.5. The molecule has 2 aliphatic rings. The first-order valence-corrected chi connectivity index (χ1v) is 4.95. The van der Waals surface area contributed by atoms with Crippen LogP contribution in [0.25, 0.3) is 0 Å². The molecule has 0 aromatic heterocycles. The molecule has 2 fully saturated rings. The van der Waals surface area contributed by atoms with Gasteiger partial charge in [0.25, 0.3) is 5.91 Å². The van der Waals surface area contributed by atoms with Crippen molar-refractivity contribution in [3.63, 3.8) is 0 Å².